The molecule has 0 heterocycles. The zero-order chi connectivity index (χ0) is 7.61. The molecule has 1 aliphatic carbocycles. The first kappa shape index (κ1) is 7.88. The summed E-state index contributed by atoms with van der Waals surface area (Å²) in [5.41, 5.74) is 2.29. The van der Waals surface area contributed by atoms with Crippen molar-refractivity contribution >= 4 is 0 Å². The topological polar surface area (TPSA) is 38.0 Å². The third-order valence-electron chi connectivity index (χ3n) is 2.02. The highest BCUT2D eigenvalue weighted by Gasteiger charge is 2.42. The summed E-state index contributed by atoms with van der Waals surface area (Å²) in [6.07, 6.45) is 1.25. The van der Waals surface area contributed by atoms with Gasteiger partial charge in [-0.05, 0) is 12.8 Å². The molecule has 0 aromatic rings. The zero-order valence-electron chi connectivity index (χ0n) is 5.74. The molecule has 0 aliphatic heterocycles. The Labute approximate surface area is 58.7 Å². The molecule has 0 aromatic heterocycles. The molecule has 0 amide bonds. The maximum Gasteiger partial charge on any atom is 0.252 e. The van der Waals surface area contributed by atoms with Crippen molar-refractivity contribution in [2.45, 2.75) is 25.2 Å². The number of alkyl halides is 2. The van der Waals surface area contributed by atoms with E-state index in [9.17, 15) is 8.78 Å². The van der Waals surface area contributed by atoms with E-state index in [1.165, 1.54) is 0 Å². The van der Waals surface area contributed by atoms with Gasteiger partial charge in [-0.25, -0.2) is 8.78 Å². The SMILES string of the molecule is NNCC1CCCC1(F)F. The molecule has 1 atom stereocenters. The van der Waals surface area contributed by atoms with Crippen LogP contribution in [0.4, 0.5) is 8.78 Å². The van der Waals surface area contributed by atoms with E-state index in [4.69, 9.17) is 5.84 Å². The molecule has 0 radical (unpaired) electrons. The summed E-state index contributed by atoms with van der Waals surface area (Å²) in [5.74, 6) is 1.92. The van der Waals surface area contributed by atoms with Crippen molar-refractivity contribution in [3.8, 4) is 0 Å². The van der Waals surface area contributed by atoms with Crippen LogP contribution in [0.25, 0.3) is 0 Å². The molecule has 1 unspecified atom stereocenters. The molecule has 0 saturated heterocycles. The monoisotopic (exact) mass is 150 g/mol. The van der Waals surface area contributed by atoms with Crippen LogP contribution in [0.2, 0.25) is 0 Å². The fraction of sp³-hybridized carbons (Fsp3) is 1.00. The van der Waals surface area contributed by atoms with Gasteiger partial charge in [-0.2, -0.15) is 0 Å². The molecule has 1 aliphatic rings. The number of nitrogens with two attached hydrogens (primary N) is 1. The lowest BCUT2D eigenvalue weighted by Gasteiger charge is -2.17. The van der Waals surface area contributed by atoms with Crippen LogP contribution in [0, 0.1) is 5.92 Å². The van der Waals surface area contributed by atoms with Gasteiger partial charge in [0.15, 0.2) is 0 Å². The second-order valence-corrected chi connectivity index (χ2v) is 2.76. The van der Waals surface area contributed by atoms with E-state index < -0.39 is 11.8 Å². The van der Waals surface area contributed by atoms with Gasteiger partial charge in [0.25, 0.3) is 5.92 Å². The summed E-state index contributed by atoms with van der Waals surface area (Å²) in [5, 5.41) is 0. The van der Waals surface area contributed by atoms with Crippen LogP contribution in [0.3, 0.4) is 0 Å². The van der Waals surface area contributed by atoms with Gasteiger partial charge in [0, 0.05) is 18.9 Å². The van der Waals surface area contributed by atoms with Gasteiger partial charge < -0.3 is 0 Å². The Kier molecular flexibility index (Phi) is 2.21. The summed E-state index contributed by atoms with van der Waals surface area (Å²) >= 11 is 0. The summed E-state index contributed by atoms with van der Waals surface area (Å²) in [6, 6.07) is 0. The van der Waals surface area contributed by atoms with E-state index in [1.54, 1.807) is 0 Å². The van der Waals surface area contributed by atoms with Crippen LogP contribution in [0.1, 0.15) is 19.3 Å². The number of rotatable bonds is 2. The third-order valence-corrected chi connectivity index (χ3v) is 2.02. The number of hydrazine groups is 1. The molecule has 0 bridgehead atoms. The van der Waals surface area contributed by atoms with E-state index in [-0.39, 0.29) is 13.0 Å². The number of hydrogen-bond donors (Lipinski definition) is 2. The molecule has 0 aromatic carbocycles. The summed E-state index contributed by atoms with van der Waals surface area (Å²) in [7, 11) is 0. The lowest BCUT2D eigenvalue weighted by atomic mass is 10.1. The Morgan fingerprint density at radius 3 is 2.70 bits per heavy atom. The van der Waals surface area contributed by atoms with Crippen LogP contribution < -0.4 is 11.3 Å². The van der Waals surface area contributed by atoms with E-state index in [0.29, 0.717) is 12.8 Å². The van der Waals surface area contributed by atoms with Gasteiger partial charge in [-0.15, -0.1) is 0 Å². The minimum Gasteiger partial charge on any atom is -0.271 e. The average molecular weight is 150 g/mol. The number of nitrogens with one attached hydrogen (secondary N) is 1. The molecule has 2 nitrogen and oxygen atoms in total. The van der Waals surface area contributed by atoms with Gasteiger partial charge in [-0.1, -0.05) is 0 Å². The summed E-state index contributed by atoms with van der Waals surface area (Å²) < 4.78 is 25.4. The molecule has 10 heavy (non-hydrogen) atoms. The van der Waals surface area contributed by atoms with Crippen LogP contribution in [-0.4, -0.2) is 12.5 Å². The van der Waals surface area contributed by atoms with Crippen molar-refractivity contribution in [3.63, 3.8) is 0 Å². The maximum absolute atomic E-state index is 12.7. The lowest BCUT2D eigenvalue weighted by molar-refractivity contribution is -0.0358. The standard InChI is InChI=1S/C6H12F2N2/c7-6(8)3-1-2-5(6)4-10-9/h5,10H,1-4,9H2. The van der Waals surface area contributed by atoms with Gasteiger partial charge >= 0.3 is 0 Å². The van der Waals surface area contributed by atoms with E-state index >= 15 is 0 Å². The van der Waals surface area contributed by atoms with Crippen molar-refractivity contribution in [1.82, 2.24) is 5.43 Å². The molecular weight excluding hydrogens is 138 g/mol. The molecule has 1 saturated carbocycles. The largest absolute Gasteiger partial charge is 0.271 e. The van der Waals surface area contributed by atoms with E-state index in [2.05, 4.69) is 5.43 Å². The third kappa shape index (κ3) is 1.44. The fourth-order valence-electron chi connectivity index (χ4n) is 1.39. The van der Waals surface area contributed by atoms with Gasteiger partial charge in [0.1, 0.15) is 0 Å². The van der Waals surface area contributed by atoms with Crippen LogP contribution >= 0.6 is 0 Å². The normalized spacial score (nSPS) is 30.9. The Balaban J connectivity index is 2.43. The molecular formula is C6H12F2N2. The second-order valence-electron chi connectivity index (χ2n) is 2.76. The molecule has 1 fully saturated rings. The van der Waals surface area contributed by atoms with Crippen molar-refractivity contribution < 1.29 is 8.78 Å². The first-order chi connectivity index (χ1) is 4.67. The fourth-order valence-corrected chi connectivity index (χ4v) is 1.39. The smallest absolute Gasteiger partial charge is 0.252 e. The molecule has 3 N–H and O–H groups in total. The average Bonchev–Trinajstić information content (AvgIpc) is 2.13. The molecule has 60 valence electrons. The quantitative estimate of drug-likeness (QED) is 0.453. The van der Waals surface area contributed by atoms with E-state index in [1.807, 2.05) is 0 Å². The Morgan fingerprint density at radius 1 is 1.60 bits per heavy atom. The lowest BCUT2D eigenvalue weighted by Crippen LogP contribution is -2.35. The minimum atomic E-state index is -2.48. The highest BCUT2D eigenvalue weighted by atomic mass is 19.3. The number of hydrogen-bond acceptors (Lipinski definition) is 2. The number of halogens is 2. The van der Waals surface area contributed by atoms with Gasteiger partial charge in [0.2, 0.25) is 0 Å². The van der Waals surface area contributed by atoms with Crippen molar-refractivity contribution in [1.29, 1.82) is 0 Å². The Morgan fingerprint density at radius 2 is 2.30 bits per heavy atom. The summed E-state index contributed by atoms with van der Waals surface area (Å²) in [6.45, 7) is 0.229. The van der Waals surface area contributed by atoms with Gasteiger partial charge in [0.05, 0.1) is 0 Å². The van der Waals surface area contributed by atoms with Crippen molar-refractivity contribution in [2.24, 2.45) is 11.8 Å². The molecule has 1 rings (SSSR count). The maximum atomic E-state index is 12.7. The highest BCUT2D eigenvalue weighted by Crippen LogP contribution is 2.39. The summed E-state index contributed by atoms with van der Waals surface area (Å²) in [4.78, 5) is 0. The van der Waals surface area contributed by atoms with E-state index in [0.717, 1.165) is 0 Å². The van der Waals surface area contributed by atoms with Crippen LogP contribution in [0.15, 0.2) is 0 Å². The van der Waals surface area contributed by atoms with Crippen molar-refractivity contribution in [2.75, 3.05) is 6.54 Å². The first-order valence-corrected chi connectivity index (χ1v) is 3.48. The first-order valence-electron chi connectivity index (χ1n) is 3.48. The van der Waals surface area contributed by atoms with Crippen molar-refractivity contribution in [3.05, 3.63) is 0 Å². The van der Waals surface area contributed by atoms with Crippen LogP contribution in [0.5, 0.6) is 0 Å². The Hall–Kier alpha value is -0.220. The second kappa shape index (κ2) is 2.80. The molecule has 0 spiro atoms. The highest BCUT2D eigenvalue weighted by molar-refractivity contribution is 4.84. The van der Waals surface area contributed by atoms with Crippen LogP contribution in [-0.2, 0) is 0 Å². The minimum absolute atomic E-state index is 0.0271. The Bertz CT molecular complexity index is 116. The zero-order valence-corrected chi connectivity index (χ0v) is 5.74. The predicted molar refractivity (Wildman–Crippen MR) is 34.5 cm³/mol. The molecule has 4 heteroatoms. The van der Waals surface area contributed by atoms with Gasteiger partial charge in [-0.3, -0.25) is 11.3 Å². The predicted octanol–water partition coefficient (Wildman–Crippen LogP) is 0.885.